The molecule has 3 aromatic rings. The molecule has 32 heavy (non-hydrogen) atoms. The summed E-state index contributed by atoms with van der Waals surface area (Å²) in [5.74, 6) is 0.502. The molecule has 0 radical (unpaired) electrons. The molecule has 0 aliphatic carbocycles. The number of carbonyl (C=O) groups excluding carboxylic acids is 1. The SMILES string of the molecule is C=CCN1C(=O)CS/C1=N\N=C\c1c(O)cc2oc(-c3ccccc3)cc(=O)c2c1OC. The van der Waals surface area contributed by atoms with Crippen LogP contribution in [-0.4, -0.2) is 46.7 Å². The van der Waals surface area contributed by atoms with Crippen LogP contribution >= 0.6 is 11.8 Å². The van der Waals surface area contributed by atoms with Crippen molar-refractivity contribution in [1.82, 2.24) is 4.90 Å². The second-order valence-corrected chi connectivity index (χ2v) is 7.71. The van der Waals surface area contributed by atoms with Crippen molar-refractivity contribution >= 4 is 40.0 Å². The van der Waals surface area contributed by atoms with Gasteiger partial charge in [-0.25, -0.2) is 0 Å². The summed E-state index contributed by atoms with van der Waals surface area (Å²) in [4.78, 5) is 26.3. The fourth-order valence-electron chi connectivity index (χ4n) is 3.29. The third kappa shape index (κ3) is 4.02. The molecule has 1 aliphatic rings. The molecule has 0 spiro atoms. The molecule has 162 valence electrons. The van der Waals surface area contributed by atoms with Crippen LogP contribution in [0.1, 0.15) is 5.56 Å². The van der Waals surface area contributed by atoms with Gasteiger partial charge in [0.1, 0.15) is 28.2 Å². The lowest BCUT2D eigenvalue weighted by Crippen LogP contribution is -2.29. The van der Waals surface area contributed by atoms with E-state index in [2.05, 4.69) is 16.8 Å². The molecule has 2 aromatic carbocycles. The first-order chi connectivity index (χ1) is 15.5. The second-order valence-electron chi connectivity index (χ2n) is 6.77. The summed E-state index contributed by atoms with van der Waals surface area (Å²) < 4.78 is 11.3. The number of phenolic OH excluding ortho intramolecular Hbond substituents is 1. The predicted octanol–water partition coefficient (Wildman–Crippen LogP) is 3.63. The highest BCUT2D eigenvalue weighted by Crippen LogP contribution is 2.35. The number of rotatable bonds is 6. The first kappa shape index (κ1) is 21.4. The molecule has 1 aliphatic heterocycles. The van der Waals surface area contributed by atoms with E-state index in [1.807, 2.05) is 30.3 Å². The Balaban J connectivity index is 1.77. The summed E-state index contributed by atoms with van der Waals surface area (Å²) in [5.41, 5.74) is 0.771. The number of ether oxygens (including phenoxy) is 1. The molecule has 0 unspecified atom stereocenters. The van der Waals surface area contributed by atoms with Crippen molar-refractivity contribution in [2.24, 2.45) is 10.2 Å². The maximum absolute atomic E-state index is 12.9. The van der Waals surface area contributed by atoms with Crippen LogP contribution in [0, 0.1) is 0 Å². The van der Waals surface area contributed by atoms with Crippen molar-refractivity contribution in [3.05, 3.63) is 70.9 Å². The molecule has 0 bridgehead atoms. The lowest BCUT2D eigenvalue weighted by Gasteiger charge is -2.12. The lowest BCUT2D eigenvalue weighted by atomic mass is 10.1. The van der Waals surface area contributed by atoms with Gasteiger partial charge in [0.15, 0.2) is 10.6 Å². The Morgan fingerprint density at radius 2 is 2.06 bits per heavy atom. The van der Waals surface area contributed by atoms with E-state index in [1.165, 1.54) is 42.1 Å². The highest BCUT2D eigenvalue weighted by Gasteiger charge is 2.27. The zero-order valence-electron chi connectivity index (χ0n) is 17.1. The maximum Gasteiger partial charge on any atom is 0.239 e. The largest absolute Gasteiger partial charge is 0.507 e. The molecule has 2 heterocycles. The Morgan fingerprint density at radius 1 is 1.28 bits per heavy atom. The number of amides is 1. The van der Waals surface area contributed by atoms with Gasteiger partial charge in [0.25, 0.3) is 0 Å². The minimum atomic E-state index is -0.322. The molecule has 9 heteroatoms. The van der Waals surface area contributed by atoms with E-state index in [4.69, 9.17) is 9.15 Å². The quantitative estimate of drug-likeness (QED) is 0.350. The molecule has 1 fully saturated rings. The van der Waals surface area contributed by atoms with Crippen molar-refractivity contribution in [1.29, 1.82) is 0 Å². The molecule has 0 saturated carbocycles. The molecule has 1 saturated heterocycles. The van der Waals surface area contributed by atoms with Crippen LogP contribution in [0.4, 0.5) is 0 Å². The van der Waals surface area contributed by atoms with Crippen molar-refractivity contribution in [3.63, 3.8) is 0 Å². The Kier molecular flexibility index (Phi) is 6.09. The third-order valence-electron chi connectivity index (χ3n) is 4.75. The topological polar surface area (TPSA) is 105 Å². The third-order valence-corrected chi connectivity index (χ3v) is 5.70. The summed E-state index contributed by atoms with van der Waals surface area (Å²) in [6.45, 7) is 3.96. The maximum atomic E-state index is 12.9. The van der Waals surface area contributed by atoms with Gasteiger partial charge in [-0.1, -0.05) is 48.2 Å². The van der Waals surface area contributed by atoms with Gasteiger partial charge in [0, 0.05) is 24.2 Å². The lowest BCUT2D eigenvalue weighted by molar-refractivity contribution is -0.123. The monoisotopic (exact) mass is 449 g/mol. The first-order valence-corrected chi connectivity index (χ1v) is 10.6. The summed E-state index contributed by atoms with van der Waals surface area (Å²) in [7, 11) is 1.39. The van der Waals surface area contributed by atoms with E-state index in [0.717, 1.165) is 5.56 Å². The van der Waals surface area contributed by atoms with Crippen molar-refractivity contribution in [2.75, 3.05) is 19.4 Å². The standard InChI is InChI=1S/C23H19N3O5S/c1-3-9-26-20(29)13-32-23(26)25-24-12-15-16(27)10-19-21(22(15)30-2)17(28)11-18(31-19)14-7-5-4-6-8-14/h3-8,10-12,27H,1,9,13H2,2H3/b24-12+,25-23-. The average molecular weight is 449 g/mol. The minimum Gasteiger partial charge on any atom is -0.507 e. The van der Waals surface area contributed by atoms with E-state index in [9.17, 15) is 14.7 Å². The van der Waals surface area contributed by atoms with E-state index in [0.29, 0.717) is 17.5 Å². The Labute approximate surface area is 187 Å². The number of amidine groups is 1. The van der Waals surface area contributed by atoms with Crippen molar-refractivity contribution < 1.29 is 19.1 Å². The Bertz CT molecular complexity index is 1310. The average Bonchev–Trinajstić information content (AvgIpc) is 3.14. The summed E-state index contributed by atoms with van der Waals surface area (Å²) in [6.07, 6.45) is 2.88. The highest BCUT2D eigenvalue weighted by atomic mass is 32.2. The van der Waals surface area contributed by atoms with Crippen LogP contribution < -0.4 is 10.2 Å². The molecular weight excluding hydrogens is 430 g/mol. The van der Waals surface area contributed by atoms with Crippen molar-refractivity contribution in [2.45, 2.75) is 0 Å². The molecule has 1 amide bonds. The molecule has 1 N–H and O–H groups in total. The van der Waals surface area contributed by atoms with Gasteiger partial charge in [0.05, 0.1) is 24.6 Å². The van der Waals surface area contributed by atoms with Crippen LogP contribution in [0.25, 0.3) is 22.3 Å². The molecule has 4 rings (SSSR count). The number of aromatic hydroxyl groups is 1. The van der Waals surface area contributed by atoms with Gasteiger partial charge < -0.3 is 14.3 Å². The number of fused-ring (bicyclic) bond motifs is 1. The summed E-state index contributed by atoms with van der Waals surface area (Å²) >= 11 is 1.26. The van der Waals surface area contributed by atoms with Crippen LogP contribution in [0.3, 0.4) is 0 Å². The predicted molar refractivity (Wildman–Crippen MR) is 126 cm³/mol. The second kappa shape index (κ2) is 9.11. The van der Waals surface area contributed by atoms with Gasteiger partial charge >= 0.3 is 0 Å². The van der Waals surface area contributed by atoms with Crippen LogP contribution in [-0.2, 0) is 4.79 Å². The zero-order chi connectivity index (χ0) is 22.7. The van der Waals surface area contributed by atoms with Gasteiger partial charge in [-0.3, -0.25) is 14.5 Å². The normalized spacial score (nSPS) is 15.2. The van der Waals surface area contributed by atoms with E-state index in [-0.39, 0.29) is 45.1 Å². The number of hydrogen-bond donors (Lipinski definition) is 1. The number of nitrogens with zero attached hydrogens (tertiary/aromatic N) is 3. The van der Waals surface area contributed by atoms with E-state index >= 15 is 0 Å². The van der Waals surface area contributed by atoms with E-state index in [1.54, 1.807) is 6.08 Å². The number of methoxy groups -OCH3 is 1. The van der Waals surface area contributed by atoms with Gasteiger partial charge in [0.2, 0.25) is 5.91 Å². The first-order valence-electron chi connectivity index (χ1n) is 9.61. The Morgan fingerprint density at radius 3 is 2.78 bits per heavy atom. The number of phenols is 1. The molecule has 8 nitrogen and oxygen atoms in total. The van der Waals surface area contributed by atoms with Crippen LogP contribution in [0.5, 0.6) is 11.5 Å². The van der Waals surface area contributed by atoms with E-state index < -0.39 is 0 Å². The van der Waals surface area contributed by atoms with Gasteiger partial charge in [-0.05, 0) is 0 Å². The fraction of sp³-hybridized carbons (Fsp3) is 0.130. The van der Waals surface area contributed by atoms with Gasteiger partial charge in [-0.2, -0.15) is 5.10 Å². The molecule has 1 aromatic heterocycles. The summed E-state index contributed by atoms with van der Waals surface area (Å²) in [6, 6.07) is 11.9. The number of benzene rings is 2. The fourth-order valence-corrected chi connectivity index (χ4v) is 4.13. The Hall–Kier alpha value is -3.85. The van der Waals surface area contributed by atoms with Gasteiger partial charge in [-0.15, -0.1) is 11.7 Å². The minimum absolute atomic E-state index is 0.0817. The summed E-state index contributed by atoms with van der Waals surface area (Å²) in [5, 5.41) is 19.3. The van der Waals surface area contributed by atoms with Crippen LogP contribution in [0.15, 0.2) is 74.5 Å². The highest BCUT2D eigenvalue weighted by molar-refractivity contribution is 8.15. The molecule has 0 atom stereocenters. The molecular formula is C23H19N3O5S. The zero-order valence-corrected chi connectivity index (χ0v) is 18.0. The van der Waals surface area contributed by atoms with Crippen LogP contribution in [0.2, 0.25) is 0 Å². The number of carbonyl (C=O) groups is 1. The number of thioether (sulfide) groups is 1. The smallest absolute Gasteiger partial charge is 0.239 e. The van der Waals surface area contributed by atoms with Crippen molar-refractivity contribution in [3.8, 4) is 22.8 Å². The number of hydrogen-bond acceptors (Lipinski definition) is 8.